The third kappa shape index (κ3) is 4.33. The van der Waals surface area contributed by atoms with Crippen molar-refractivity contribution in [3.8, 4) is 0 Å². The number of aliphatic hydroxyl groups excluding tert-OH is 1. The number of hydrogen-bond acceptors (Lipinski definition) is 5. The van der Waals surface area contributed by atoms with Crippen LogP contribution >= 0.6 is 11.8 Å². The zero-order chi connectivity index (χ0) is 12.9. The van der Waals surface area contributed by atoms with Crippen molar-refractivity contribution in [1.82, 2.24) is 9.55 Å². The zero-order valence-electron chi connectivity index (χ0n) is 10.1. The number of hydrogen-bond donors (Lipinski definition) is 1. The highest BCUT2D eigenvalue weighted by atomic mass is 32.2. The van der Waals surface area contributed by atoms with Gasteiger partial charge in [0.25, 0.3) is 0 Å². The fourth-order valence-electron chi connectivity index (χ4n) is 1.29. The van der Waals surface area contributed by atoms with Crippen molar-refractivity contribution in [3.63, 3.8) is 0 Å². The van der Waals surface area contributed by atoms with Gasteiger partial charge in [-0.25, -0.2) is 13.4 Å². The molecule has 1 heterocycles. The molecule has 1 aromatic rings. The first-order valence-electron chi connectivity index (χ1n) is 5.45. The average Bonchev–Trinajstić information content (AvgIpc) is 2.66. The Morgan fingerprint density at radius 2 is 2.24 bits per heavy atom. The van der Waals surface area contributed by atoms with Gasteiger partial charge < -0.3 is 9.67 Å². The van der Waals surface area contributed by atoms with Gasteiger partial charge in [-0.05, 0) is 6.42 Å². The van der Waals surface area contributed by atoms with Gasteiger partial charge in [-0.3, -0.25) is 0 Å². The number of nitrogens with zero attached hydrogens (tertiary/aromatic N) is 2. The van der Waals surface area contributed by atoms with Crippen molar-refractivity contribution in [2.45, 2.75) is 25.1 Å². The lowest BCUT2D eigenvalue weighted by atomic mass is 10.5. The number of rotatable bonds is 7. The first-order valence-corrected chi connectivity index (χ1v) is 8.25. The van der Waals surface area contributed by atoms with E-state index in [1.54, 1.807) is 13.1 Å². The van der Waals surface area contributed by atoms with Gasteiger partial charge in [0.2, 0.25) is 0 Å². The second-order valence-corrected chi connectivity index (χ2v) is 7.22. The summed E-state index contributed by atoms with van der Waals surface area (Å²) in [5.41, 5.74) is 0.758. The van der Waals surface area contributed by atoms with Crippen molar-refractivity contribution >= 4 is 21.6 Å². The molecule has 0 aliphatic rings. The summed E-state index contributed by atoms with van der Waals surface area (Å²) < 4.78 is 24.3. The fourth-order valence-corrected chi connectivity index (χ4v) is 3.26. The molecule has 0 unspecified atom stereocenters. The quantitative estimate of drug-likeness (QED) is 0.591. The normalized spacial score (nSPS) is 11.9. The second kappa shape index (κ2) is 6.42. The molecule has 0 radical (unpaired) electrons. The van der Waals surface area contributed by atoms with Gasteiger partial charge >= 0.3 is 0 Å². The molecule has 0 aromatic carbocycles. The Bertz CT molecular complexity index is 454. The SMILES string of the molecule is CCS(=O)(=O)CCCSc1ncc(CO)n1C. The van der Waals surface area contributed by atoms with Gasteiger partial charge in [-0.2, -0.15) is 0 Å². The summed E-state index contributed by atoms with van der Waals surface area (Å²) in [5.74, 6) is 1.15. The highest BCUT2D eigenvalue weighted by Gasteiger charge is 2.09. The molecule has 0 saturated carbocycles. The minimum atomic E-state index is -2.86. The number of imidazole rings is 1. The Morgan fingerprint density at radius 3 is 2.76 bits per heavy atom. The van der Waals surface area contributed by atoms with Crippen LogP contribution in [0.4, 0.5) is 0 Å². The van der Waals surface area contributed by atoms with Crippen LogP contribution in [0.3, 0.4) is 0 Å². The number of sulfone groups is 1. The molecule has 17 heavy (non-hydrogen) atoms. The number of aromatic nitrogens is 2. The van der Waals surface area contributed by atoms with E-state index in [0.29, 0.717) is 6.42 Å². The highest BCUT2D eigenvalue weighted by Crippen LogP contribution is 2.18. The summed E-state index contributed by atoms with van der Waals surface area (Å²) in [5, 5.41) is 9.80. The molecule has 0 fully saturated rings. The van der Waals surface area contributed by atoms with Crippen LogP contribution in [0.15, 0.2) is 11.4 Å². The van der Waals surface area contributed by atoms with Crippen LogP contribution < -0.4 is 0 Å². The highest BCUT2D eigenvalue weighted by molar-refractivity contribution is 7.99. The summed E-state index contributed by atoms with van der Waals surface area (Å²) in [6.07, 6.45) is 2.26. The topological polar surface area (TPSA) is 72.2 Å². The van der Waals surface area contributed by atoms with E-state index in [4.69, 9.17) is 5.11 Å². The largest absolute Gasteiger partial charge is 0.390 e. The maximum absolute atomic E-state index is 11.3. The van der Waals surface area contributed by atoms with E-state index in [1.165, 1.54) is 11.8 Å². The van der Waals surface area contributed by atoms with Gasteiger partial charge in [0.05, 0.1) is 24.3 Å². The summed E-state index contributed by atoms with van der Waals surface area (Å²) in [4.78, 5) is 4.16. The molecule has 0 bridgehead atoms. The standard InChI is InChI=1S/C10H18N2O3S2/c1-3-17(14,15)6-4-5-16-10-11-7-9(8-13)12(10)2/h7,13H,3-6,8H2,1-2H3. The first kappa shape index (κ1) is 14.5. The minimum Gasteiger partial charge on any atom is -0.390 e. The van der Waals surface area contributed by atoms with Crippen molar-refractivity contribution in [3.05, 3.63) is 11.9 Å². The van der Waals surface area contributed by atoms with Crippen LogP contribution in [0.25, 0.3) is 0 Å². The van der Waals surface area contributed by atoms with Crippen LogP contribution in [0.5, 0.6) is 0 Å². The molecule has 0 atom stereocenters. The summed E-state index contributed by atoms with van der Waals surface area (Å²) in [7, 11) is -1.03. The van der Waals surface area contributed by atoms with Crippen LogP contribution in [0.2, 0.25) is 0 Å². The third-order valence-corrected chi connectivity index (χ3v) is 5.40. The lowest BCUT2D eigenvalue weighted by molar-refractivity contribution is 0.271. The predicted octanol–water partition coefficient (Wildman–Crippen LogP) is 0.829. The van der Waals surface area contributed by atoms with Crippen LogP contribution in [-0.4, -0.2) is 40.3 Å². The molecule has 1 N–H and O–H groups in total. The third-order valence-electron chi connectivity index (χ3n) is 2.47. The average molecular weight is 278 g/mol. The molecule has 0 aliphatic heterocycles. The van der Waals surface area contributed by atoms with E-state index in [1.807, 2.05) is 11.6 Å². The Hall–Kier alpha value is -0.530. The predicted molar refractivity (Wildman–Crippen MR) is 68.8 cm³/mol. The van der Waals surface area contributed by atoms with Gasteiger partial charge in [-0.15, -0.1) is 0 Å². The van der Waals surface area contributed by atoms with E-state index in [-0.39, 0.29) is 18.1 Å². The van der Waals surface area contributed by atoms with Gasteiger partial charge in [-0.1, -0.05) is 18.7 Å². The summed E-state index contributed by atoms with van der Waals surface area (Å²) >= 11 is 1.51. The van der Waals surface area contributed by atoms with E-state index >= 15 is 0 Å². The van der Waals surface area contributed by atoms with Crippen molar-refractivity contribution in [2.24, 2.45) is 7.05 Å². The Labute approximate surface area is 106 Å². The molecular formula is C10H18N2O3S2. The Kier molecular flexibility index (Phi) is 5.48. The fraction of sp³-hybridized carbons (Fsp3) is 0.700. The molecule has 0 aliphatic carbocycles. The molecule has 1 aromatic heterocycles. The Balaban J connectivity index is 2.39. The van der Waals surface area contributed by atoms with Crippen LogP contribution in [0.1, 0.15) is 19.0 Å². The number of thioether (sulfide) groups is 1. The van der Waals surface area contributed by atoms with Gasteiger partial charge in [0.1, 0.15) is 9.84 Å². The summed E-state index contributed by atoms with van der Waals surface area (Å²) in [6, 6.07) is 0. The molecule has 0 saturated heterocycles. The number of aliphatic hydroxyl groups is 1. The maximum Gasteiger partial charge on any atom is 0.167 e. The second-order valence-electron chi connectivity index (χ2n) is 3.69. The zero-order valence-corrected chi connectivity index (χ0v) is 11.7. The molecule has 1 rings (SSSR count). The molecule has 7 heteroatoms. The van der Waals surface area contributed by atoms with Gasteiger partial charge in [0.15, 0.2) is 5.16 Å². The van der Waals surface area contributed by atoms with Crippen LogP contribution in [0, 0.1) is 0 Å². The summed E-state index contributed by atoms with van der Waals surface area (Å²) in [6.45, 7) is 1.63. The lowest BCUT2D eigenvalue weighted by Crippen LogP contribution is -2.09. The smallest absolute Gasteiger partial charge is 0.167 e. The first-order chi connectivity index (χ1) is 8.00. The molecule has 5 nitrogen and oxygen atoms in total. The van der Waals surface area contributed by atoms with E-state index in [9.17, 15) is 8.42 Å². The minimum absolute atomic E-state index is 0.0335. The van der Waals surface area contributed by atoms with E-state index < -0.39 is 9.84 Å². The van der Waals surface area contributed by atoms with Crippen LogP contribution in [-0.2, 0) is 23.5 Å². The van der Waals surface area contributed by atoms with Crippen molar-refractivity contribution in [1.29, 1.82) is 0 Å². The molecule has 98 valence electrons. The molecule has 0 spiro atoms. The molecule has 0 amide bonds. The van der Waals surface area contributed by atoms with Crippen molar-refractivity contribution < 1.29 is 13.5 Å². The molecular weight excluding hydrogens is 260 g/mol. The van der Waals surface area contributed by atoms with E-state index in [2.05, 4.69) is 4.98 Å². The lowest BCUT2D eigenvalue weighted by Gasteiger charge is -2.04. The van der Waals surface area contributed by atoms with Crippen molar-refractivity contribution in [2.75, 3.05) is 17.3 Å². The maximum atomic E-state index is 11.3. The van der Waals surface area contributed by atoms with E-state index in [0.717, 1.165) is 16.6 Å². The Morgan fingerprint density at radius 1 is 1.53 bits per heavy atom. The van der Waals surface area contributed by atoms with Gasteiger partial charge in [0, 0.05) is 18.6 Å². The monoisotopic (exact) mass is 278 g/mol.